The zero-order chi connectivity index (χ0) is 15.9. The molecule has 3 heteroatoms. The molecule has 1 amide bonds. The smallest absolute Gasteiger partial charge is 0.249 e. The monoisotopic (exact) mass is 289 g/mol. The van der Waals surface area contributed by atoms with Crippen molar-refractivity contribution in [1.82, 2.24) is 5.32 Å². The number of amides is 1. The van der Waals surface area contributed by atoms with Crippen LogP contribution in [0.4, 0.5) is 0 Å². The zero-order valence-electron chi connectivity index (χ0n) is 13.6. The fraction of sp³-hybridized carbons (Fsp3) is 0.500. The highest BCUT2D eigenvalue weighted by Crippen LogP contribution is 2.16. The molecular weight excluding hydrogens is 262 g/mol. The van der Waals surface area contributed by atoms with Crippen LogP contribution in [-0.2, 0) is 16.0 Å². The normalized spacial score (nSPS) is 12.8. The largest absolute Gasteiger partial charge is 0.368 e. The molecule has 0 aliphatic carbocycles. The second kappa shape index (κ2) is 7.99. The first kappa shape index (κ1) is 17.4. The van der Waals surface area contributed by atoms with Crippen molar-refractivity contribution in [3.63, 3.8) is 0 Å². The predicted octanol–water partition coefficient (Wildman–Crippen LogP) is 3.41. The van der Waals surface area contributed by atoms with Crippen LogP contribution in [0.2, 0.25) is 0 Å². The van der Waals surface area contributed by atoms with Gasteiger partial charge in [-0.2, -0.15) is 0 Å². The zero-order valence-corrected chi connectivity index (χ0v) is 13.6. The minimum atomic E-state index is -0.443. The van der Waals surface area contributed by atoms with Crippen molar-refractivity contribution in [3.05, 3.63) is 48.0 Å². The van der Waals surface area contributed by atoms with Gasteiger partial charge < -0.3 is 10.1 Å². The van der Waals surface area contributed by atoms with Crippen LogP contribution in [0.3, 0.4) is 0 Å². The van der Waals surface area contributed by atoms with Crippen LogP contribution in [0.5, 0.6) is 0 Å². The SMILES string of the molecule is C=CCCOC(C)C(=O)NC(C)(C)Cc1ccccc1C. The molecule has 1 N–H and O–H groups in total. The lowest BCUT2D eigenvalue weighted by molar-refractivity contribution is -0.133. The summed E-state index contributed by atoms with van der Waals surface area (Å²) in [7, 11) is 0. The predicted molar refractivity (Wildman–Crippen MR) is 87.3 cm³/mol. The fourth-order valence-electron chi connectivity index (χ4n) is 2.17. The number of hydrogen-bond donors (Lipinski definition) is 1. The molecule has 1 aromatic carbocycles. The van der Waals surface area contributed by atoms with Crippen molar-refractivity contribution >= 4 is 5.91 Å². The average Bonchev–Trinajstić information content (AvgIpc) is 2.40. The summed E-state index contributed by atoms with van der Waals surface area (Å²) in [6.07, 6.45) is 2.89. The molecule has 0 aromatic heterocycles. The lowest BCUT2D eigenvalue weighted by Crippen LogP contribution is -2.49. The van der Waals surface area contributed by atoms with Gasteiger partial charge in [-0.25, -0.2) is 0 Å². The molecule has 0 aliphatic heterocycles. The van der Waals surface area contributed by atoms with E-state index in [1.54, 1.807) is 13.0 Å². The lowest BCUT2D eigenvalue weighted by Gasteiger charge is -2.28. The molecule has 0 bridgehead atoms. The Kier molecular flexibility index (Phi) is 6.63. The van der Waals surface area contributed by atoms with Gasteiger partial charge in [0, 0.05) is 5.54 Å². The minimum absolute atomic E-state index is 0.0716. The highest BCUT2D eigenvalue weighted by atomic mass is 16.5. The number of ether oxygens (including phenoxy) is 1. The second-order valence-electron chi connectivity index (χ2n) is 6.07. The summed E-state index contributed by atoms with van der Waals surface area (Å²) in [5.41, 5.74) is 2.19. The first-order valence-corrected chi connectivity index (χ1v) is 7.45. The first-order chi connectivity index (χ1) is 9.85. The average molecular weight is 289 g/mol. The van der Waals surface area contributed by atoms with Crippen LogP contribution < -0.4 is 5.32 Å². The van der Waals surface area contributed by atoms with Gasteiger partial charge in [-0.15, -0.1) is 6.58 Å². The molecule has 1 aromatic rings. The molecule has 1 atom stereocenters. The number of hydrogen-bond acceptors (Lipinski definition) is 2. The molecule has 0 aliphatic rings. The van der Waals surface area contributed by atoms with Gasteiger partial charge in [0.1, 0.15) is 6.10 Å². The highest BCUT2D eigenvalue weighted by Gasteiger charge is 2.24. The van der Waals surface area contributed by atoms with E-state index in [0.717, 1.165) is 12.8 Å². The van der Waals surface area contributed by atoms with Crippen LogP contribution in [0, 0.1) is 6.92 Å². The van der Waals surface area contributed by atoms with Gasteiger partial charge in [0.2, 0.25) is 5.91 Å². The summed E-state index contributed by atoms with van der Waals surface area (Å²) < 4.78 is 5.48. The third kappa shape index (κ3) is 6.13. The first-order valence-electron chi connectivity index (χ1n) is 7.45. The molecule has 0 fully saturated rings. The molecule has 0 radical (unpaired) electrons. The van der Waals surface area contributed by atoms with Crippen LogP contribution in [0.25, 0.3) is 0 Å². The Hall–Kier alpha value is -1.61. The lowest BCUT2D eigenvalue weighted by atomic mass is 9.92. The summed E-state index contributed by atoms with van der Waals surface area (Å²) in [4.78, 5) is 12.2. The van der Waals surface area contributed by atoms with E-state index in [1.807, 2.05) is 26.0 Å². The molecular formula is C18H27NO2. The van der Waals surface area contributed by atoms with Crippen molar-refractivity contribution in [3.8, 4) is 0 Å². The van der Waals surface area contributed by atoms with E-state index in [0.29, 0.717) is 6.61 Å². The number of carbonyl (C=O) groups excluding carboxylic acids is 1. The van der Waals surface area contributed by atoms with Gasteiger partial charge in [-0.3, -0.25) is 4.79 Å². The Morgan fingerprint density at radius 2 is 2.10 bits per heavy atom. The molecule has 0 saturated heterocycles. The van der Waals surface area contributed by atoms with Gasteiger partial charge in [-0.1, -0.05) is 30.3 Å². The van der Waals surface area contributed by atoms with E-state index < -0.39 is 6.10 Å². The molecule has 116 valence electrons. The van der Waals surface area contributed by atoms with Crippen LogP contribution >= 0.6 is 0 Å². The molecule has 3 nitrogen and oxygen atoms in total. The molecule has 0 spiro atoms. The highest BCUT2D eigenvalue weighted by molar-refractivity contribution is 5.81. The molecule has 21 heavy (non-hydrogen) atoms. The van der Waals surface area contributed by atoms with Crippen molar-refractivity contribution in [2.45, 2.75) is 52.2 Å². The van der Waals surface area contributed by atoms with Crippen LogP contribution in [0.1, 0.15) is 38.3 Å². The Morgan fingerprint density at radius 1 is 1.43 bits per heavy atom. The summed E-state index contributed by atoms with van der Waals surface area (Å²) in [6.45, 7) is 12.1. The van der Waals surface area contributed by atoms with Crippen molar-refractivity contribution in [2.75, 3.05) is 6.61 Å². The van der Waals surface area contributed by atoms with Crippen LogP contribution in [0.15, 0.2) is 36.9 Å². The summed E-state index contributed by atoms with van der Waals surface area (Å²) >= 11 is 0. The Balaban J connectivity index is 2.57. The Morgan fingerprint density at radius 3 is 2.71 bits per heavy atom. The summed E-state index contributed by atoms with van der Waals surface area (Å²) in [5, 5.41) is 3.07. The third-order valence-corrected chi connectivity index (χ3v) is 3.41. The fourth-order valence-corrected chi connectivity index (χ4v) is 2.17. The van der Waals surface area contributed by atoms with Gasteiger partial charge in [0.25, 0.3) is 0 Å². The second-order valence-corrected chi connectivity index (χ2v) is 6.07. The quantitative estimate of drug-likeness (QED) is 0.588. The van der Waals surface area contributed by atoms with E-state index >= 15 is 0 Å². The van der Waals surface area contributed by atoms with Gasteiger partial charge in [0.05, 0.1) is 6.61 Å². The topological polar surface area (TPSA) is 38.3 Å². The molecule has 1 rings (SSSR count). The van der Waals surface area contributed by atoms with Gasteiger partial charge >= 0.3 is 0 Å². The van der Waals surface area contributed by atoms with Crippen molar-refractivity contribution in [2.24, 2.45) is 0 Å². The number of benzene rings is 1. The van der Waals surface area contributed by atoms with E-state index in [-0.39, 0.29) is 11.4 Å². The van der Waals surface area contributed by atoms with E-state index in [2.05, 4.69) is 31.0 Å². The molecule has 0 heterocycles. The van der Waals surface area contributed by atoms with E-state index in [9.17, 15) is 4.79 Å². The number of nitrogens with one attached hydrogen (secondary N) is 1. The molecule has 0 saturated carbocycles. The Bertz CT molecular complexity index is 480. The summed E-state index contributed by atoms with van der Waals surface area (Å²) in [6, 6.07) is 8.25. The van der Waals surface area contributed by atoms with Gasteiger partial charge in [-0.05, 0) is 51.7 Å². The maximum absolute atomic E-state index is 12.2. The van der Waals surface area contributed by atoms with Crippen molar-refractivity contribution in [1.29, 1.82) is 0 Å². The third-order valence-electron chi connectivity index (χ3n) is 3.41. The minimum Gasteiger partial charge on any atom is -0.368 e. The summed E-state index contributed by atoms with van der Waals surface area (Å²) in [5.74, 6) is -0.0716. The van der Waals surface area contributed by atoms with Gasteiger partial charge in [0.15, 0.2) is 0 Å². The van der Waals surface area contributed by atoms with E-state index in [4.69, 9.17) is 4.74 Å². The van der Waals surface area contributed by atoms with E-state index in [1.165, 1.54) is 11.1 Å². The molecule has 1 unspecified atom stereocenters. The standard InChI is InChI=1S/C18H27NO2/c1-6-7-12-21-15(3)17(20)19-18(4,5)13-16-11-9-8-10-14(16)2/h6,8-11,15H,1,7,12-13H2,2-5H3,(H,19,20). The maximum atomic E-state index is 12.2. The maximum Gasteiger partial charge on any atom is 0.249 e. The Labute approximate surface area is 128 Å². The van der Waals surface area contributed by atoms with Crippen LogP contribution in [-0.4, -0.2) is 24.2 Å². The number of carbonyl (C=O) groups is 1. The number of rotatable bonds is 8. The number of aryl methyl sites for hydroxylation is 1. The van der Waals surface area contributed by atoms with Crippen molar-refractivity contribution < 1.29 is 9.53 Å².